The Hall–Kier alpha value is -1.14. The molecular formula is C14H18NO4. The van der Waals surface area contributed by atoms with Crippen LogP contribution in [0.2, 0.25) is 0 Å². The number of hydrogen-bond acceptors (Lipinski definition) is 5. The molecule has 3 rings (SSSR count). The highest BCUT2D eigenvalue weighted by atomic mass is 16.7. The summed E-state index contributed by atoms with van der Waals surface area (Å²) >= 11 is 0. The normalized spacial score (nSPS) is 27.8. The summed E-state index contributed by atoms with van der Waals surface area (Å²) in [5.41, 5.74) is -0.572. The molecule has 1 aromatic rings. The van der Waals surface area contributed by atoms with E-state index < -0.39 is 5.72 Å². The van der Waals surface area contributed by atoms with Gasteiger partial charge in [-0.05, 0) is 18.2 Å². The van der Waals surface area contributed by atoms with E-state index in [2.05, 4.69) is 11.4 Å². The second-order valence-corrected chi connectivity index (χ2v) is 4.57. The van der Waals surface area contributed by atoms with Crippen LogP contribution in [0, 0.1) is 6.07 Å². The van der Waals surface area contributed by atoms with E-state index in [0.717, 1.165) is 12.3 Å². The molecule has 1 aromatic carbocycles. The third-order valence-corrected chi connectivity index (χ3v) is 3.32. The van der Waals surface area contributed by atoms with Crippen LogP contribution in [0.3, 0.4) is 0 Å². The van der Waals surface area contributed by atoms with Crippen molar-refractivity contribution in [2.45, 2.75) is 18.4 Å². The molecule has 1 atom stereocenters. The summed E-state index contributed by atoms with van der Waals surface area (Å²) < 4.78 is 22.7. The Morgan fingerprint density at radius 3 is 2.74 bits per heavy atom. The average molecular weight is 264 g/mol. The van der Waals surface area contributed by atoms with E-state index in [4.69, 9.17) is 18.9 Å². The Kier molecular flexibility index (Phi) is 3.98. The van der Waals surface area contributed by atoms with E-state index in [9.17, 15) is 0 Å². The lowest BCUT2D eigenvalue weighted by molar-refractivity contribution is -0.200. The molecular weight excluding hydrogens is 246 g/mol. The lowest BCUT2D eigenvalue weighted by atomic mass is 10.1. The van der Waals surface area contributed by atoms with Crippen molar-refractivity contribution in [3.05, 3.63) is 30.3 Å². The molecule has 1 N–H and O–H groups in total. The molecule has 2 heterocycles. The summed E-state index contributed by atoms with van der Waals surface area (Å²) in [5.74, 6) is 0.833. The molecule has 5 heteroatoms. The van der Waals surface area contributed by atoms with Gasteiger partial charge in [0.25, 0.3) is 0 Å². The highest BCUT2D eigenvalue weighted by Gasteiger charge is 2.46. The first-order valence-corrected chi connectivity index (χ1v) is 6.60. The number of rotatable bonds is 5. The van der Waals surface area contributed by atoms with E-state index >= 15 is 0 Å². The minimum Gasteiger partial charge on any atom is -0.493 e. The predicted octanol–water partition coefficient (Wildman–Crippen LogP) is 0.945. The van der Waals surface area contributed by atoms with Crippen LogP contribution in [0.1, 0.15) is 6.42 Å². The first kappa shape index (κ1) is 12.9. The molecule has 1 unspecified atom stereocenters. The molecule has 0 spiro atoms. The van der Waals surface area contributed by atoms with Crippen LogP contribution in [0.4, 0.5) is 0 Å². The van der Waals surface area contributed by atoms with Gasteiger partial charge in [-0.1, -0.05) is 12.1 Å². The molecule has 0 amide bonds. The molecule has 103 valence electrons. The highest BCUT2D eigenvalue weighted by Crippen LogP contribution is 2.27. The Balaban J connectivity index is 1.56. The first-order valence-electron chi connectivity index (χ1n) is 6.60. The summed E-state index contributed by atoms with van der Waals surface area (Å²) in [7, 11) is 0. The molecule has 0 saturated carbocycles. The van der Waals surface area contributed by atoms with Crippen LogP contribution in [0.5, 0.6) is 5.75 Å². The Labute approximate surface area is 112 Å². The van der Waals surface area contributed by atoms with Crippen molar-refractivity contribution >= 4 is 0 Å². The van der Waals surface area contributed by atoms with Gasteiger partial charge in [-0.2, -0.15) is 0 Å². The van der Waals surface area contributed by atoms with E-state index in [1.165, 1.54) is 0 Å². The maximum absolute atomic E-state index is 5.82. The zero-order valence-corrected chi connectivity index (χ0v) is 10.8. The SMILES string of the molecule is [c]1ccc(OCCC2(C3OCCO3)NCCO2)cc1. The van der Waals surface area contributed by atoms with Crippen molar-refractivity contribution < 1.29 is 18.9 Å². The summed E-state index contributed by atoms with van der Waals surface area (Å²) in [6.45, 7) is 3.26. The summed E-state index contributed by atoms with van der Waals surface area (Å²) in [6.07, 6.45) is 0.332. The Morgan fingerprint density at radius 1 is 1.26 bits per heavy atom. The van der Waals surface area contributed by atoms with Crippen molar-refractivity contribution in [2.75, 3.05) is 33.0 Å². The first-order chi connectivity index (χ1) is 9.39. The zero-order chi connectivity index (χ0) is 13.0. The molecule has 0 aromatic heterocycles. The lowest BCUT2D eigenvalue weighted by Gasteiger charge is -2.32. The van der Waals surface area contributed by atoms with E-state index in [-0.39, 0.29) is 6.29 Å². The van der Waals surface area contributed by atoms with Crippen molar-refractivity contribution in [2.24, 2.45) is 0 Å². The number of hydrogen-bond donors (Lipinski definition) is 1. The Morgan fingerprint density at radius 2 is 2.05 bits per heavy atom. The van der Waals surface area contributed by atoms with Gasteiger partial charge in [-0.15, -0.1) is 0 Å². The molecule has 2 aliphatic heterocycles. The van der Waals surface area contributed by atoms with E-state index in [1.807, 2.05) is 24.3 Å². The van der Waals surface area contributed by atoms with Gasteiger partial charge in [0.15, 0.2) is 5.72 Å². The summed E-state index contributed by atoms with van der Waals surface area (Å²) in [5, 5.41) is 3.34. The number of ether oxygens (including phenoxy) is 4. The third kappa shape index (κ3) is 2.90. The molecule has 5 nitrogen and oxygen atoms in total. The fraction of sp³-hybridized carbons (Fsp3) is 0.571. The van der Waals surface area contributed by atoms with Gasteiger partial charge in [0, 0.05) is 13.0 Å². The zero-order valence-electron chi connectivity index (χ0n) is 10.8. The summed E-state index contributed by atoms with van der Waals surface area (Å²) in [6, 6.07) is 10.4. The molecule has 0 bridgehead atoms. The van der Waals surface area contributed by atoms with Crippen LogP contribution in [0.15, 0.2) is 24.3 Å². The predicted molar refractivity (Wildman–Crippen MR) is 67.8 cm³/mol. The lowest BCUT2D eigenvalue weighted by Crippen LogP contribution is -2.53. The van der Waals surface area contributed by atoms with Gasteiger partial charge >= 0.3 is 0 Å². The third-order valence-electron chi connectivity index (χ3n) is 3.32. The van der Waals surface area contributed by atoms with Crippen LogP contribution in [0.25, 0.3) is 0 Å². The fourth-order valence-electron chi connectivity index (χ4n) is 2.39. The van der Waals surface area contributed by atoms with E-state index in [1.54, 1.807) is 0 Å². The Bertz CT molecular complexity index is 386. The van der Waals surface area contributed by atoms with Crippen LogP contribution in [-0.2, 0) is 14.2 Å². The van der Waals surface area contributed by atoms with Gasteiger partial charge in [0.2, 0.25) is 6.29 Å². The van der Waals surface area contributed by atoms with Crippen LogP contribution >= 0.6 is 0 Å². The van der Waals surface area contributed by atoms with Crippen molar-refractivity contribution in [3.8, 4) is 5.75 Å². The minimum absolute atomic E-state index is 0.345. The molecule has 19 heavy (non-hydrogen) atoms. The monoisotopic (exact) mass is 264 g/mol. The molecule has 1 radical (unpaired) electrons. The van der Waals surface area contributed by atoms with Crippen LogP contribution in [-0.4, -0.2) is 45.0 Å². The second kappa shape index (κ2) is 5.88. The fourth-order valence-corrected chi connectivity index (χ4v) is 2.39. The summed E-state index contributed by atoms with van der Waals surface area (Å²) in [4.78, 5) is 0. The molecule has 0 aliphatic carbocycles. The van der Waals surface area contributed by atoms with Gasteiger partial charge in [0.05, 0.1) is 26.4 Å². The van der Waals surface area contributed by atoms with Crippen molar-refractivity contribution in [3.63, 3.8) is 0 Å². The van der Waals surface area contributed by atoms with E-state index in [0.29, 0.717) is 32.8 Å². The molecule has 2 fully saturated rings. The van der Waals surface area contributed by atoms with Gasteiger partial charge < -0.3 is 18.9 Å². The average Bonchev–Trinajstić information content (AvgIpc) is 3.12. The quantitative estimate of drug-likeness (QED) is 0.858. The standard InChI is InChI=1S/C14H18NO4/c1-2-4-12(5-3-1)16-8-6-14(15-7-9-19-14)13-17-10-11-18-13/h2-5,13,15H,6-11H2. The van der Waals surface area contributed by atoms with Gasteiger partial charge in [-0.25, -0.2) is 0 Å². The topological polar surface area (TPSA) is 49.0 Å². The van der Waals surface area contributed by atoms with Gasteiger partial charge in [-0.3, -0.25) is 5.32 Å². The maximum Gasteiger partial charge on any atom is 0.200 e. The van der Waals surface area contributed by atoms with Gasteiger partial charge in [0.1, 0.15) is 5.75 Å². The number of nitrogens with one attached hydrogen (secondary N) is 1. The minimum atomic E-state index is -0.572. The van der Waals surface area contributed by atoms with Crippen LogP contribution < -0.4 is 10.1 Å². The smallest absolute Gasteiger partial charge is 0.200 e. The van der Waals surface area contributed by atoms with Crippen molar-refractivity contribution in [1.29, 1.82) is 0 Å². The maximum atomic E-state index is 5.82. The molecule has 2 aliphatic rings. The second-order valence-electron chi connectivity index (χ2n) is 4.57. The number of benzene rings is 1. The largest absolute Gasteiger partial charge is 0.493 e. The highest BCUT2D eigenvalue weighted by molar-refractivity contribution is 5.20. The van der Waals surface area contributed by atoms with Crippen molar-refractivity contribution in [1.82, 2.24) is 5.32 Å². The molecule has 2 saturated heterocycles.